The standard InChI is InChI=1S/C21H15N3O5S/c25-20-17-18(16-10-5-11-30-16)23(13-6-2-1-3-7-13)29-19(17)21(26)22(20)14-8-4-9-15(12-14)24(27)28/h1-12,17-19H/t17-,18-,19-/m1/s1. The number of nitro groups is 1. The quantitative estimate of drug-likeness (QED) is 0.362. The van der Waals surface area contributed by atoms with E-state index in [1.165, 1.54) is 35.6 Å². The zero-order valence-corrected chi connectivity index (χ0v) is 16.3. The monoisotopic (exact) mass is 421 g/mol. The average molecular weight is 421 g/mol. The van der Waals surface area contributed by atoms with E-state index in [0.29, 0.717) is 0 Å². The van der Waals surface area contributed by atoms with Crippen LogP contribution in [0, 0.1) is 16.0 Å². The SMILES string of the molecule is O=C1[C@@H]2[C@@H](c3cccs3)N(c3ccccc3)O[C@H]2C(=O)N1c1cccc([N+](=O)[O-])c1. The number of thiophene rings is 1. The van der Waals surface area contributed by atoms with Crippen LogP contribution < -0.4 is 9.96 Å². The van der Waals surface area contributed by atoms with E-state index in [2.05, 4.69) is 0 Å². The van der Waals surface area contributed by atoms with E-state index in [1.54, 1.807) is 5.06 Å². The Kier molecular flexibility index (Phi) is 4.34. The minimum atomic E-state index is -0.996. The number of hydroxylamine groups is 1. The number of hydrogen-bond acceptors (Lipinski definition) is 7. The summed E-state index contributed by atoms with van der Waals surface area (Å²) in [7, 11) is 0. The van der Waals surface area contributed by atoms with Gasteiger partial charge in [-0.05, 0) is 29.6 Å². The first-order valence-electron chi connectivity index (χ1n) is 9.23. The minimum absolute atomic E-state index is 0.174. The summed E-state index contributed by atoms with van der Waals surface area (Å²) in [6.45, 7) is 0. The molecule has 1 aromatic heterocycles. The Morgan fingerprint density at radius 1 is 0.933 bits per heavy atom. The summed E-state index contributed by atoms with van der Waals surface area (Å²) in [6.07, 6.45) is -0.996. The van der Waals surface area contributed by atoms with Crippen molar-refractivity contribution in [3.63, 3.8) is 0 Å². The molecule has 0 unspecified atom stereocenters. The summed E-state index contributed by atoms with van der Waals surface area (Å²) in [6, 6.07) is 18.1. The van der Waals surface area contributed by atoms with Gasteiger partial charge in [-0.1, -0.05) is 30.3 Å². The number of para-hydroxylation sites is 1. The summed E-state index contributed by atoms with van der Waals surface area (Å²) in [4.78, 5) is 45.0. The van der Waals surface area contributed by atoms with E-state index in [-0.39, 0.29) is 11.4 Å². The number of fused-ring (bicyclic) bond motifs is 1. The summed E-state index contributed by atoms with van der Waals surface area (Å²) in [5.74, 6) is -1.71. The molecule has 2 aromatic carbocycles. The third-order valence-electron chi connectivity index (χ3n) is 5.26. The van der Waals surface area contributed by atoms with Gasteiger partial charge >= 0.3 is 0 Å². The van der Waals surface area contributed by atoms with Crippen LogP contribution >= 0.6 is 11.3 Å². The van der Waals surface area contributed by atoms with Crippen molar-refractivity contribution in [3.8, 4) is 0 Å². The van der Waals surface area contributed by atoms with Gasteiger partial charge in [0.15, 0.2) is 6.10 Å². The van der Waals surface area contributed by atoms with E-state index >= 15 is 0 Å². The van der Waals surface area contributed by atoms with Crippen LogP contribution in [0.4, 0.5) is 17.1 Å². The highest BCUT2D eigenvalue weighted by Gasteiger charge is 2.60. The molecule has 0 radical (unpaired) electrons. The van der Waals surface area contributed by atoms with E-state index in [4.69, 9.17) is 4.84 Å². The van der Waals surface area contributed by atoms with E-state index < -0.39 is 34.8 Å². The van der Waals surface area contributed by atoms with Gasteiger partial charge in [-0.2, -0.15) is 0 Å². The van der Waals surface area contributed by atoms with Crippen molar-refractivity contribution in [3.05, 3.63) is 87.1 Å². The lowest BCUT2D eigenvalue weighted by Crippen LogP contribution is -2.37. The summed E-state index contributed by atoms with van der Waals surface area (Å²) < 4.78 is 0. The second kappa shape index (κ2) is 7.05. The zero-order valence-electron chi connectivity index (χ0n) is 15.5. The van der Waals surface area contributed by atoms with Gasteiger partial charge in [-0.3, -0.25) is 24.5 Å². The van der Waals surface area contributed by atoms with Crippen molar-refractivity contribution >= 4 is 40.2 Å². The summed E-state index contributed by atoms with van der Waals surface area (Å²) in [5.41, 5.74) is 0.730. The fourth-order valence-corrected chi connectivity index (χ4v) is 4.81. The maximum Gasteiger partial charge on any atom is 0.271 e. The van der Waals surface area contributed by atoms with Gasteiger partial charge in [0.25, 0.3) is 11.6 Å². The van der Waals surface area contributed by atoms with Crippen molar-refractivity contribution in [1.29, 1.82) is 0 Å². The predicted octanol–water partition coefficient (Wildman–Crippen LogP) is 3.71. The van der Waals surface area contributed by atoms with E-state index in [0.717, 1.165) is 15.5 Å². The molecular formula is C21H15N3O5S. The van der Waals surface area contributed by atoms with Gasteiger partial charge in [0, 0.05) is 17.0 Å². The number of amides is 2. The molecule has 30 heavy (non-hydrogen) atoms. The highest BCUT2D eigenvalue weighted by molar-refractivity contribution is 7.10. The molecule has 8 nitrogen and oxygen atoms in total. The lowest BCUT2D eigenvalue weighted by atomic mass is 9.95. The summed E-state index contributed by atoms with van der Waals surface area (Å²) >= 11 is 1.48. The molecule has 2 saturated heterocycles. The van der Waals surface area contributed by atoms with Crippen molar-refractivity contribution in [2.45, 2.75) is 12.1 Å². The van der Waals surface area contributed by atoms with Crippen molar-refractivity contribution in [2.24, 2.45) is 5.92 Å². The smallest absolute Gasteiger partial charge is 0.271 e. The number of non-ortho nitro benzene ring substituents is 1. The summed E-state index contributed by atoms with van der Waals surface area (Å²) in [5, 5.41) is 14.7. The van der Waals surface area contributed by atoms with Gasteiger partial charge < -0.3 is 0 Å². The number of benzene rings is 2. The van der Waals surface area contributed by atoms with Crippen molar-refractivity contribution in [1.82, 2.24) is 0 Å². The van der Waals surface area contributed by atoms with Crippen LogP contribution in [0.2, 0.25) is 0 Å². The molecule has 3 atom stereocenters. The molecule has 0 N–H and O–H groups in total. The van der Waals surface area contributed by atoms with E-state index in [9.17, 15) is 19.7 Å². The Bertz CT molecular complexity index is 1130. The molecule has 2 aliphatic heterocycles. The number of rotatable bonds is 4. The Morgan fingerprint density at radius 2 is 1.70 bits per heavy atom. The van der Waals surface area contributed by atoms with Crippen LogP contribution in [0.25, 0.3) is 0 Å². The van der Waals surface area contributed by atoms with Gasteiger partial charge in [0.05, 0.1) is 16.3 Å². The number of nitro benzene ring substituents is 1. The highest BCUT2D eigenvalue weighted by atomic mass is 32.1. The maximum absolute atomic E-state index is 13.4. The Hall–Kier alpha value is -3.56. The Labute approximate surface area is 175 Å². The zero-order chi connectivity index (χ0) is 20.8. The van der Waals surface area contributed by atoms with Crippen LogP contribution in [0.1, 0.15) is 10.9 Å². The van der Waals surface area contributed by atoms with Gasteiger partial charge in [-0.15, -0.1) is 11.3 Å². The number of carbonyl (C=O) groups excluding carboxylic acids is 2. The largest absolute Gasteiger partial charge is 0.273 e. The lowest BCUT2D eigenvalue weighted by Gasteiger charge is -2.27. The molecule has 3 aromatic rings. The van der Waals surface area contributed by atoms with Gasteiger partial charge in [0.2, 0.25) is 5.91 Å². The Balaban J connectivity index is 1.56. The second-order valence-electron chi connectivity index (χ2n) is 6.96. The number of carbonyl (C=O) groups is 2. The number of imide groups is 1. The molecule has 5 rings (SSSR count). The molecule has 9 heteroatoms. The first kappa shape index (κ1) is 18.5. The van der Waals surface area contributed by atoms with Crippen LogP contribution in [-0.4, -0.2) is 22.8 Å². The van der Waals surface area contributed by atoms with Crippen LogP contribution in [0.15, 0.2) is 72.1 Å². The molecule has 0 bridgehead atoms. The lowest BCUT2D eigenvalue weighted by molar-refractivity contribution is -0.384. The predicted molar refractivity (Wildman–Crippen MR) is 110 cm³/mol. The number of hydrogen-bond donors (Lipinski definition) is 0. The fraction of sp³-hybridized carbons (Fsp3) is 0.143. The van der Waals surface area contributed by atoms with Crippen molar-refractivity contribution < 1.29 is 19.3 Å². The van der Waals surface area contributed by atoms with Gasteiger partial charge in [-0.25, -0.2) is 9.96 Å². The molecule has 0 spiro atoms. The Morgan fingerprint density at radius 3 is 2.40 bits per heavy atom. The first-order valence-corrected chi connectivity index (χ1v) is 10.1. The highest BCUT2D eigenvalue weighted by Crippen LogP contribution is 2.48. The van der Waals surface area contributed by atoms with Crippen LogP contribution in [-0.2, 0) is 14.4 Å². The number of nitrogens with zero attached hydrogens (tertiary/aromatic N) is 3. The third-order valence-corrected chi connectivity index (χ3v) is 6.20. The second-order valence-corrected chi connectivity index (χ2v) is 7.94. The molecule has 2 aliphatic rings. The number of anilines is 2. The fourth-order valence-electron chi connectivity index (χ4n) is 3.96. The van der Waals surface area contributed by atoms with Gasteiger partial charge in [0.1, 0.15) is 12.0 Å². The van der Waals surface area contributed by atoms with E-state index in [1.807, 2.05) is 47.8 Å². The molecule has 150 valence electrons. The molecule has 2 amide bonds. The third kappa shape index (κ3) is 2.78. The molecule has 2 fully saturated rings. The van der Waals surface area contributed by atoms with Crippen LogP contribution in [0.3, 0.4) is 0 Å². The topological polar surface area (TPSA) is 93.0 Å². The molecular weight excluding hydrogens is 406 g/mol. The maximum atomic E-state index is 13.4. The molecule has 0 saturated carbocycles. The molecule has 3 heterocycles. The van der Waals surface area contributed by atoms with Crippen LogP contribution in [0.5, 0.6) is 0 Å². The average Bonchev–Trinajstić information content (AvgIpc) is 3.46. The minimum Gasteiger partial charge on any atom is -0.273 e. The normalized spacial score (nSPS) is 23.1. The first-order chi connectivity index (χ1) is 14.6. The van der Waals surface area contributed by atoms with Crippen molar-refractivity contribution in [2.75, 3.05) is 9.96 Å². The molecule has 0 aliphatic carbocycles.